The van der Waals surface area contributed by atoms with E-state index in [1.807, 2.05) is 19.1 Å². The zero-order valence-electron chi connectivity index (χ0n) is 12.3. The lowest BCUT2D eigenvalue weighted by molar-refractivity contribution is 0.0606. The van der Waals surface area contributed by atoms with Crippen LogP contribution in [0.25, 0.3) is 0 Å². The summed E-state index contributed by atoms with van der Waals surface area (Å²) < 4.78 is 10.2. The molecule has 0 N–H and O–H groups in total. The molecule has 20 heavy (non-hydrogen) atoms. The van der Waals surface area contributed by atoms with Gasteiger partial charge in [0.15, 0.2) is 0 Å². The highest BCUT2D eigenvalue weighted by molar-refractivity contribution is 7.13. The van der Waals surface area contributed by atoms with E-state index < -0.39 is 0 Å². The molecule has 0 saturated carbocycles. The number of ether oxygens (including phenoxy) is 2. The second kappa shape index (κ2) is 7.76. The summed E-state index contributed by atoms with van der Waals surface area (Å²) >= 11 is 1.53. The van der Waals surface area contributed by atoms with Crippen molar-refractivity contribution in [3.8, 4) is 0 Å². The van der Waals surface area contributed by atoms with Crippen LogP contribution in [0.3, 0.4) is 0 Å². The Morgan fingerprint density at radius 1 is 1.40 bits per heavy atom. The Hall–Kier alpha value is -0.910. The van der Waals surface area contributed by atoms with Crippen LogP contribution in [0, 0.1) is 5.92 Å². The Balaban J connectivity index is 1.77. The van der Waals surface area contributed by atoms with Crippen molar-refractivity contribution in [3.05, 3.63) is 21.9 Å². The Morgan fingerprint density at radius 3 is 2.80 bits per heavy atom. The summed E-state index contributed by atoms with van der Waals surface area (Å²) in [5, 5.41) is 0. The molecule has 0 aromatic carbocycles. The van der Waals surface area contributed by atoms with E-state index in [1.165, 1.54) is 36.2 Å². The number of carbonyl (C=O) groups excluding carboxylic acids is 1. The minimum absolute atomic E-state index is 0.239. The lowest BCUT2D eigenvalue weighted by Crippen LogP contribution is -2.34. The molecule has 1 aliphatic rings. The maximum absolute atomic E-state index is 11.4. The number of esters is 1. The van der Waals surface area contributed by atoms with Crippen molar-refractivity contribution in [1.29, 1.82) is 0 Å². The number of nitrogens with zero attached hydrogens (tertiary/aromatic N) is 1. The molecule has 112 valence electrons. The number of methoxy groups -OCH3 is 1. The summed E-state index contributed by atoms with van der Waals surface area (Å²) in [5.74, 6) is 0.469. The third kappa shape index (κ3) is 4.30. The van der Waals surface area contributed by atoms with E-state index in [0.717, 1.165) is 32.8 Å². The molecule has 1 aliphatic heterocycles. The average molecular weight is 297 g/mol. The van der Waals surface area contributed by atoms with Gasteiger partial charge in [0, 0.05) is 24.6 Å². The van der Waals surface area contributed by atoms with Crippen molar-refractivity contribution >= 4 is 17.3 Å². The number of likely N-dealkylation sites (tertiary alicyclic amines) is 1. The Kier molecular flexibility index (Phi) is 6.01. The van der Waals surface area contributed by atoms with Crippen LogP contribution >= 0.6 is 11.3 Å². The fraction of sp³-hybridized carbons (Fsp3) is 0.667. The summed E-state index contributed by atoms with van der Waals surface area (Å²) in [5.41, 5.74) is 0. The average Bonchev–Trinajstić information content (AvgIpc) is 2.94. The molecule has 0 radical (unpaired) electrons. The predicted octanol–water partition coefficient (Wildman–Crippen LogP) is 2.78. The number of thiophene rings is 1. The van der Waals surface area contributed by atoms with Crippen LogP contribution in [-0.4, -0.2) is 44.3 Å². The smallest absolute Gasteiger partial charge is 0.348 e. The summed E-state index contributed by atoms with van der Waals surface area (Å²) in [6.45, 7) is 6.92. The molecule has 0 amide bonds. The number of hydrogen-bond donors (Lipinski definition) is 0. The zero-order valence-corrected chi connectivity index (χ0v) is 13.1. The highest BCUT2D eigenvalue weighted by Crippen LogP contribution is 2.23. The van der Waals surface area contributed by atoms with Gasteiger partial charge in [0.2, 0.25) is 0 Å². The minimum atomic E-state index is -0.239. The molecule has 2 rings (SSSR count). The SMILES string of the molecule is CCOCC1CCN(Cc2ccc(C(=O)OC)s2)CC1. The fourth-order valence-corrected chi connectivity index (χ4v) is 3.46. The summed E-state index contributed by atoms with van der Waals surface area (Å²) in [6, 6.07) is 3.89. The molecule has 0 unspecified atom stereocenters. The van der Waals surface area contributed by atoms with Crippen molar-refractivity contribution in [3.63, 3.8) is 0 Å². The lowest BCUT2D eigenvalue weighted by atomic mass is 9.98. The largest absolute Gasteiger partial charge is 0.465 e. The second-order valence-corrected chi connectivity index (χ2v) is 6.30. The first-order chi connectivity index (χ1) is 9.72. The van der Waals surface area contributed by atoms with Gasteiger partial charge in [-0.3, -0.25) is 4.90 Å². The maximum Gasteiger partial charge on any atom is 0.348 e. The van der Waals surface area contributed by atoms with Gasteiger partial charge in [0.1, 0.15) is 4.88 Å². The fourth-order valence-electron chi connectivity index (χ4n) is 2.49. The number of piperidine rings is 1. The van der Waals surface area contributed by atoms with E-state index in [1.54, 1.807) is 0 Å². The van der Waals surface area contributed by atoms with Gasteiger partial charge in [-0.05, 0) is 50.9 Å². The van der Waals surface area contributed by atoms with Gasteiger partial charge in [-0.25, -0.2) is 4.79 Å². The van der Waals surface area contributed by atoms with E-state index in [4.69, 9.17) is 9.47 Å². The molecule has 1 fully saturated rings. The highest BCUT2D eigenvalue weighted by Gasteiger charge is 2.20. The van der Waals surface area contributed by atoms with Gasteiger partial charge >= 0.3 is 5.97 Å². The summed E-state index contributed by atoms with van der Waals surface area (Å²) in [4.78, 5) is 15.8. The van der Waals surface area contributed by atoms with Crippen molar-refractivity contribution < 1.29 is 14.3 Å². The van der Waals surface area contributed by atoms with E-state index in [-0.39, 0.29) is 5.97 Å². The molecular formula is C15H23NO3S. The van der Waals surface area contributed by atoms with Crippen molar-refractivity contribution in [2.24, 2.45) is 5.92 Å². The third-order valence-electron chi connectivity index (χ3n) is 3.69. The summed E-state index contributed by atoms with van der Waals surface area (Å²) in [7, 11) is 1.42. The molecule has 0 aliphatic carbocycles. The normalized spacial score (nSPS) is 17.3. The van der Waals surface area contributed by atoms with Gasteiger partial charge in [0.05, 0.1) is 7.11 Å². The van der Waals surface area contributed by atoms with Crippen molar-refractivity contribution in [1.82, 2.24) is 4.90 Å². The van der Waals surface area contributed by atoms with Crippen LogP contribution < -0.4 is 0 Å². The highest BCUT2D eigenvalue weighted by atomic mass is 32.1. The lowest BCUT2D eigenvalue weighted by Gasteiger charge is -2.31. The molecule has 0 bridgehead atoms. The monoisotopic (exact) mass is 297 g/mol. The van der Waals surface area contributed by atoms with Crippen LogP contribution in [-0.2, 0) is 16.0 Å². The van der Waals surface area contributed by atoms with Gasteiger partial charge < -0.3 is 9.47 Å². The van der Waals surface area contributed by atoms with Gasteiger partial charge in [-0.2, -0.15) is 0 Å². The molecule has 1 aromatic heterocycles. The van der Waals surface area contributed by atoms with Gasteiger partial charge in [0.25, 0.3) is 0 Å². The first-order valence-corrected chi connectivity index (χ1v) is 8.01. The molecule has 2 heterocycles. The molecule has 4 nitrogen and oxygen atoms in total. The molecule has 1 saturated heterocycles. The molecule has 0 atom stereocenters. The van der Waals surface area contributed by atoms with Crippen LogP contribution in [0.2, 0.25) is 0 Å². The van der Waals surface area contributed by atoms with Gasteiger partial charge in [-0.1, -0.05) is 0 Å². The number of hydrogen-bond acceptors (Lipinski definition) is 5. The number of rotatable bonds is 6. The van der Waals surface area contributed by atoms with Crippen LogP contribution in [0.4, 0.5) is 0 Å². The Labute approximate surface area is 124 Å². The van der Waals surface area contributed by atoms with E-state index in [2.05, 4.69) is 4.90 Å². The van der Waals surface area contributed by atoms with Crippen LogP contribution in [0.1, 0.15) is 34.3 Å². The van der Waals surface area contributed by atoms with E-state index >= 15 is 0 Å². The van der Waals surface area contributed by atoms with E-state index in [0.29, 0.717) is 10.8 Å². The second-order valence-electron chi connectivity index (χ2n) is 5.14. The topological polar surface area (TPSA) is 38.8 Å². The zero-order chi connectivity index (χ0) is 14.4. The summed E-state index contributed by atoms with van der Waals surface area (Å²) in [6.07, 6.45) is 2.41. The first-order valence-electron chi connectivity index (χ1n) is 7.20. The minimum Gasteiger partial charge on any atom is -0.465 e. The quantitative estimate of drug-likeness (QED) is 0.757. The molecular weight excluding hydrogens is 274 g/mol. The Morgan fingerprint density at radius 2 is 2.15 bits per heavy atom. The van der Waals surface area contributed by atoms with Crippen LogP contribution in [0.15, 0.2) is 12.1 Å². The predicted molar refractivity (Wildman–Crippen MR) is 80.2 cm³/mol. The van der Waals surface area contributed by atoms with Crippen molar-refractivity contribution in [2.75, 3.05) is 33.4 Å². The standard InChI is InChI=1S/C15H23NO3S/c1-3-19-11-12-6-8-16(9-7-12)10-13-4-5-14(20-13)15(17)18-2/h4-5,12H,3,6-11H2,1-2H3. The molecule has 1 aromatic rings. The van der Waals surface area contributed by atoms with Crippen LogP contribution in [0.5, 0.6) is 0 Å². The maximum atomic E-state index is 11.4. The molecule has 5 heteroatoms. The van der Waals surface area contributed by atoms with Crippen molar-refractivity contribution in [2.45, 2.75) is 26.3 Å². The van der Waals surface area contributed by atoms with Gasteiger partial charge in [-0.15, -0.1) is 11.3 Å². The Bertz CT molecular complexity index is 425. The van der Waals surface area contributed by atoms with E-state index in [9.17, 15) is 4.79 Å². The number of carbonyl (C=O) groups is 1. The third-order valence-corrected chi connectivity index (χ3v) is 4.74. The first kappa shape index (κ1) is 15.5. The molecule has 0 spiro atoms.